The molecular weight excluding hydrogens is 292 g/mol. The van der Waals surface area contributed by atoms with E-state index in [-0.39, 0.29) is 11.8 Å². The van der Waals surface area contributed by atoms with E-state index in [1.165, 1.54) is 0 Å². The molecule has 0 N–H and O–H groups in total. The van der Waals surface area contributed by atoms with Crippen LogP contribution in [-0.2, 0) is 4.79 Å². The third-order valence-corrected chi connectivity index (χ3v) is 3.92. The van der Waals surface area contributed by atoms with Gasteiger partial charge in [0.15, 0.2) is 0 Å². The summed E-state index contributed by atoms with van der Waals surface area (Å²) in [5.74, 6) is 1.02. The van der Waals surface area contributed by atoms with Gasteiger partial charge in [0.2, 0.25) is 17.6 Å². The van der Waals surface area contributed by atoms with Crippen LogP contribution < -0.4 is 4.90 Å². The summed E-state index contributed by atoms with van der Waals surface area (Å²) < 4.78 is 5.38. The number of nitrogens with zero attached hydrogens (tertiary/aromatic N) is 4. The first-order chi connectivity index (χ1) is 11.3. The molecule has 0 bridgehead atoms. The topological polar surface area (TPSA) is 72.1 Å². The van der Waals surface area contributed by atoms with Gasteiger partial charge in [-0.2, -0.15) is 4.98 Å². The van der Waals surface area contributed by atoms with Gasteiger partial charge in [-0.25, -0.2) is 0 Å². The molecule has 1 aromatic carbocycles. The number of hydrogen-bond acceptors (Lipinski definition) is 5. The Bertz CT molecular complexity index is 817. The summed E-state index contributed by atoms with van der Waals surface area (Å²) in [4.78, 5) is 22.4. The summed E-state index contributed by atoms with van der Waals surface area (Å²) in [5.41, 5.74) is 1.74. The van der Waals surface area contributed by atoms with Crippen LogP contribution in [0.3, 0.4) is 0 Å². The van der Waals surface area contributed by atoms with Gasteiger partial charge < -0.3 is 9.42 Å². The number of carbonyl (C=O) groups excluding carboxylic acids is 1. The van der Waals surface area contributed by atoms with Crippen molar-refractivity contribution >= 4 is 11.6 Å². The highest BCUT2D eigenvalue weighted by atomic mass is 16.5. The lowest BCUT2D eigenvalue weighted by atomic mass is 10.1. The summed E-state index contributed by atoms with van der Waals surface area (Å²) in [6, 6.07) is 13.3. The van der Waals surface area contributed by atoms with Gasteiger partial charge in [-0.3, -0.25) is 9.78 Å². The highest BCUT2D eigenvalue weighted by molar-refractivity contribution is 5.96. The average Bonchev–Trinajstić information content (AvgIpc) is 3.23. The van der Waals surface area contributed by atoms with Gasteiger partial charge in [0, 0.05) is 36.6 Å². The number of aromatic nitrogens is 3. The molecule has 1 fully saturated rings. The minimum absolute atomic E-state index is 0.0739. The SMILES string of the molecule is O=C1C[C@H](c2nc(-c3ccncc3)no2)CN1c1ccccc1. The van der Waals surface area contributed by atoms with Crippen LogP contribution in [0.15, 0.2) is 59.4 Å². The second kappa shape index (κ2) is 5.64. The second-order valence-corrected chi connectivity index (χ2v) is 5.43. The molecule has 3 heterocycles. The first kappa shape index (κ1) is 13.6. The van der Waals surface area contributed by atoms with Crippen molar-refractivity contribution in [1.82, 2.24) is 15.1 Å². The Morgan fingerprint density at radius 2 is 1.87 bits per heavy atom. The minimum atomic E-state index is -0.0780. The second-order valence-electron chi connectivity index (χ2n) is 5.43. The number of benzene rings is 1. The predicted octanol–water partition coefficient (Wildman–Crippen LogP) is 2.65. The van der Waals surface area contributed by atoms with Crippen molar-refractivity contribution in [3.8, 4) is 11.4 Å². The molecular formula is C17H14N4O2. The zero-order valence-electron chi connectivity index (χ0n) is 12.3. The third kappa shape index (κ3) is 2.59. The molecule has 0 aliphatic carbocycles. The summed E-state index contributed by atoms with van der Waals surface area (Å²) in [6.45, 7) is 0.556. The van der Waals surface area contributed by atoms with Gasteiger partial charge in [-0.1, -0.05) is 23.4 Å². The van der Waals surface area contributed by atoms with Crippen molar-refractivity contribution in [3.63, 3.8) is 0 Å². The number of amides is 1. The molecule has 3 aromatic rings. The number of hydrogen-bond donors (Lipinski definition) is 0. The molecule has 0 saturated carbocycles. The molecule has 1 atom stereocenters. The fourth-order valence-corrected chi connectivity index (χ4v) is 2.75. The van der Waals surface area contributed by atoms with E-state index < -0.39 is 0 Å². The van der Waals surface area contributed by atoms with Crippen LogP contribution in [0.2, 0.25) is 0 Å². The van der Waals surface area contributed by atoms with E-state index in [1.807, 2.05) is 42.5 Å². The monoisotopic (exact) mass is 306 g/mol. The lowest BCUT2D eigenvalue weighted by Gasteiger charge is -2.15. The fourth-order valence-electron chi connectivity index (χ4n) is 2.75. The fraction of sp³-hybridized carbons (Fsp3) is 0.176. The molecule has 0 radical (unpaired) electrons. The van der Waals surface area contributed by atoms with E-state index in [2.05, 4.69) is 15.1 Å². The molecule has 0 spiro atoms. The minimum Gasteiger partial charge on any atom is -0.339 e. The Balaban J connectivity index is 1.56. The molecule has 1 aliphatic heterocycles. The van der Waals surface area contributed by atoms with Gasteiger partial charge in [0.1, 0.15) is 0 Å². The Kier molecular flexibility index (Phi) is 3.34. The number of carbonyl (C=O) groups is 1. The lowest BCUT2D eigenvalue weighted by molar-refractivity contribution is -0.117. The molecule has 2 aromatic heterocycles. The molecule has 1 amide bonds. The third-order valence-electron chi connectivity index (χ3n) is 3.92. The van der Waals surface area contributed by atoms with Crippen molar-refractivity contribution in [2.45, 2.75) is 12.3 Å². The van der Waals surface area contributed by atoms with E-state index in [4.69, 9.17) is 4.52 Å². The van der Waals surface area contributed by atoms with Crippen LogP contribution in [-0.4, -0.2) is 27.6 Å². The number of anilines is 1. The van der Waals surface area contributed by atoms with Crippen LogP contribution >= 0.6 is 0 Å². The largest absolute Gasteiger partial charge is 0.339 e. The van der Waals surface area contributed by atoms with E-state index >= 15 is 0 Å². The van der Waals surface area contributed by atoms with Gasteiger partial charge in [0.25, 0.3) is 0 Å². The van der Waals surface area contributed by atoms with Gasteiger partial charge in [-0.05, 0) is 24.3 Å². The zero-order chi connectivity index (χ0) is 15.6. The molecule has 6 heteroatoms. The van der Waals surface area contributed by atoms with Crippen LogP contribution in [0.4, 0.5) is 5.69 Å². The van der Waals surface area contributed by atoms with E-state index in [9.17, 15) is 4.79 Å². The maximum atomic E-state index is 12.3. The Labute approximate surface area is 132 Å². The molecule has 23 heavy (non-hydrogen) atoms. The highest BCUT2D eigenvalue weighted by Gasteiger charge is 2.35. The van der Waals surface area contributed by atoms with Crippen molar-refractivity contribution in [3.05, 3.63) is 60.7 Å². The Morgan fingerprint density at radius 1 is 1.09 bits per heavy atom. The number of rotatable bonds is 3. The maximum Gasteiger partial charge on any atom is 0.232 e. The first-order valence-electron chi connectivity index (χ1n) is 7.40. The molecule has 6 nitrogen and oxygen atoms in total. The molecule has 4 rings (SSSR count). The first-order valence-corrected chi connectivity index (χ1v) is 7.40. The van der Waals surface area contributed by atoms with Crippen molar-refractivity contribution < 1.29 is 9.32 Å². The molecule has 114 valence electrons. The summed E-state index contributed by atoms with van der Waals surface area (Å²) in [6.07, 6.45) is 3.75. The van der Waals surface area contributed by atoms with Gasteiger partial charge in [0.05, 0.1) is 5.92 Å². The predicted molar refractivity (Wildman–Crippen MR) is 83.7 cm³/mol. The van der Waals surface area contributed by atoms with Crippen LogP contribution in [0, 0.1) is 0 Å². The van der Waals surface area contributed by atoms with Gasteiger partial charge in [-0.15, -0.1) is 0 Å². The van der Waals surface area contributed by atoms with E-state index in [0.717, 1.165) is 11.3 Å². The quantitative estimate of drug-likeness (QED) is 0.744. The van der Waals surface area contributed by atoms with Crippen LogP contribution in [0.25, 0.3) is 11.4 Å². The zero-order valence-corrected chi connectivity index (χ0v) is 12.3. The molecule has 1 saturated heterocycles. The van der Waals surface area contributed by atoms with Crippen molar-refractivity contribution in [2.24, 2.45) is 0 Å². The van der Waals surface area contributed by atoms with Crippen molar-refractivity contribution in [2.75, 3.05) is 11.4 Å². The number of para-hydroxylation sites is 1. The molecule has 1 aliphatic rings. The normalized spacial score (nSPS) is 17.7. The Morgan fingerprint density at radius 3 is 2.65 bits per heavy atom. The molecule has 0 unspecified atom stereocenters. The standard InChI is InChI=1S/C17H14N4O2/c22-15-10-13(11-21(15)14-4-2-1-3-5-14)17-19-16(20-23-17)12-6-8-18-9-7-12/h1-9,13H,10-11H2/t13-/m0/s1. The smallest absolute Gasteiger partial charge is 0.232 e. The summed E-state index contributed by atoms with van der Waals surface area (Å²) in [7, 11) is 0. The Hall–Kier alpha value is -3.02. The summed E-state index contributed by atoms with van der Waals surface area (Å²) in [5, 5.41) is 4.01. The highest BCUT2D eigenvalue weighted by Crippen LogP contribution is 2.31. The van der Waals surface area contributed by atoms with Gasteiger partial charge >= 0.3 is 0 Å². The van der Waals surface area contributed by atoms with E-state index in [0.29, 0.717) is 24.7 Å². The van der Waals surface area contributed by atoms with Crippen LogP contribution in [0.5, 0.6) is 0 Å². The summed E-state index contributed by atoms with van der Waals surface area (Å²) >= 11 is 0. The van der Waals surface area contributed by atoms with E-state index in [1.54, 1.807) is 17.3 Å². The maximum absolute atomic E-state index is 12.3. The van der Waals surface area contributed by atoms with Crippen LogP contribution in [0.1, 0.15) is 18.2 Å². The lowest BCUT2D eigenvalue weighted by Crippen LogP contribution is -2.24. The average molecular weight is 306 g/mol. The van der Waals surface area contributed by atoms with Crippen molar-refractivity contribution in [1.29, 1.82) is 0 Å². The number of pyridine rings is 1.